The van der Waals surface area contributed by atoms with Gasteiger partial charge in [0.15, 0.2) is 11.5 Å². The number of methoxy groups -OCH3 is 2. The Morgan fingerprint density at radius 2 is 1.77 bits per heavy atom. The molecule has 0 bridgehead atoms. The van der Waals surface area contributed by atoms with Crippen LogP contribution in [-0.2, 0) is 9.53 Å². The van der Waals surface area contributed by atoms with Crippen molar-refractivity contribution in [1.82, 2.24) is 4.90 Å². The summed E-state index contributed by atoms with van der Waals surface area (Å²) in [5.41, 5.74) is -0.414. The molecular formula is C17H22N2O7. The summed E-state index contributed by atoms with van der Waals surface area (Å²) < 4.78 is 15.2. The molecule has 2 rings (SSSR count). The van der Waals surface area contributed by atoms with Crippen molar-refractivity contribution in [3.05, 3.63) is 27.8 Å². The topological polar surface area (TPSA) is 108 Å². The van der Waals surface area contributed by atoms with Crippen molar-refractivity contribution in [2.75, 3.05) is 33.9 Å². The first kappa shape index (κ1) is 19.5. The van der Waals surface area contributed by atoms with Gasteiger partial charge in [0.05, 0.1) is 37.7 Å². The van der Waals surface area contributed by atoms with Gasteiger partial charge in [-0.1, -0.05) is 0 Å². The van der Waals surface area contributed by atoms with E-state index >= 15 is 0 Å². The minimum atomic E-state index is -0.624. The number of amides is 1. The highest BCUT2D eigenvalue weighted by Crippen LogP contribution is 2.35. The van der Waals surface area contributed by atoms with Gasteiger partial charge in [-0.25, -0.2) is 0 Å². The third-order valence-electron chi connectivity index (χ3n) is 4.33. The van der Waals surface area contributed by atoms with Crippen molar-refractivity contribution in [3.8, 4) is 11.5 Å². The maximum atomic E-state index is 12.8. The molecule has 1 amide bonds. The smallest absolute Gasteiger partial charge is 0.309 e. The monoisotopic (exact) mass is 366 g/mol. The molecule has 1 saturated heterocycles. The van der Waals surface area contributed by atoms with E-state index in [-0.39, 0.29) is 34.6 Å². The molecule has 0 spiro atoms. The van der Waals surface area contributed by atoms with Gasteiger partial charge in [0, 0.05) is 19.2 Å². The van der Waals surface area contributed by atoms with E-state index in [0.717, 1.165) is 0 Å². The van der Waals surface area contributed by atoms with Gasteiger partial charge in [0.2, 0.25) is 0 Å². The van der Waals surface area contributed by atoms with Crippen molar-refractivity contribution >= 4 is 17.6 Å². The van der Waals surface area contributed by atoms with Crippen molar-refractivity contribution in [2.24, 2.45) is 5.92 Å². The molecule has 9 nitrogen and oxygen atoms in total. The van der Waals surface area contributed by atoms with Crippen LogP contribution in [0.3, 0.4) is 0 Å². The highest BCUT2D eigenvalue weighted by molar-refractivity contribution is 5.99. The molecule has 1 aliphatic heterocycles. The fourth-order valence-electron chi connectivity index (χ4n) is 2.94. The summed E-state index contributed by atoms with van der Waals surface area (Å²) in [4.78, 5) is 36.8. The lowest BCUT2D eigenvalue weighted by Gasteiger charge is -2.30. The molecule has 9 heteroatoms. The van der Waals surface area contributed by atoms with Gasteiger partial charge < -0.3 is 19.1 Å². The van der Waals surface area contributed by atoms with E-state index in [9.17, 15) is 19.7 Å². The number of likely N-dealkylation sites (tertiary alicyclic amines) is 1. The third-order valence-corrected chi connectivity index (χ3v) is 4.33. The minimum absolute atomic E-state index is 0.0674. The first-order chi connectivity index (χ1) is 12.4. The summed E-state index contributed by atoms with van der Waals surface area (Å²) in [6.07, 6.45) is 0.928. The summed E-state index contributed by atoms with van der Waals surface area (Å²) in [5, 5.41) is 11.4. The number of ether oxygens (including phenoxy) is 3. The van der Waals surface area contributed by atoms with Gasteiger partial charge in [-0.05, 0) is 19.8 Å². The van der Waals surface area contributed by atoms with Crippen molar-refractivity contribution in [1.29, 1.82) is 0 Å². The number of nitro benzene ring substituents is 1. The second-order valence-electron chi connectivity index (χ2n) is 5.80. The van der Waals surface area contributed by atoms with Gasteiger partial charge in [-0.3, -0.25) is 19.7 Å². The Kier molecular flexibility index (Phi) is 6.37. The number of rotatable bonds is 6. The van der Waals surface area contributed by atoms with E-state index in [1.165, 1.54) is 31.3 Å². The number of hydrogen-bond donors (Lipinski definition) is 0. The molecule has 0 saturated carbocycles. The summed E-state index contributed by atoms with van der Waals surface area (Å²) in [5.74, 6) is -0.573. The number of carbonyl (C=O) groups excluding carboxylic acids is 2. The SMILES string of the molecule is CCOC(=O)C1CCN(C(=O)c2cc(OC)c(OC)cc2[N+](=O)[O-])CC1. The summed E-state index contributed by atoms with van der Waals surface area (Å²) in [6, 6.07) is 2.49. The van der Waals surface area contributed by atoms with Crippen LogP contribution in [0.25, 0.3) is 0 Å². The van der Waals surface area contributed by atoms with Crippen LogP contribution in [0.5, 0.6) is 11.5 Å². The second-order valence-corrected chi connectivity index (χ2v) is 5.80. The zero-order valence-electron chi connectivity index (χ0n) is 15.0. The molecule has 0 aromatic heterocycles. The van der Waals surface area contributed by atoms with Crippen LogP contribution in [0.4, 0.5) is 5.69 Å². The van der Waals surface area contributed by atoms with Crippen LogP contribution in [0.1, 0.15) is 30.1 Å². The lowest BCUT2D eigenvalue weighted by atomic mass is 9.96. The quantitative estimate of drug-likeness (QED) is 0.430. The average molecular weight is 366 g/mol. The predicted molar refractivity (Wildman–Crippen MR) is 91.5 cm³/mol. The number of nitrogens with zero attached hydrogens (tertiary/aromatic N) is 2. The Bertz CT molecular complexity index is 697. The zero-order chi connectivity index (χ0) is 19.3. The van der Waals surface area contributed by atoms with E-state index in [1.54, 1.807) is 6.92 Å². The highest BCUT2D eigenvalue weighted by atomic mass is 16.6. The van der Waals surface area contributed by atoms with Crippen molar-refractivity contribution in [3.63, 3.8) is 0 Å². The second kappa shape index (κ2) is 8.50. The summed E-state index contributed by atoms with van der Waals surface area (Å²) in [6.45, 7) is 2.71. The molecule has 0 radical (unpaired) electrons. The molecule has 0 aliphatic carbocycles. The lowest BCUT2D eigenvalue weighted by Crippen LogP contribution is -2.40. The molecule has 142 valence electrons. The van der Waals surface area contributed by atoms with Gasteiger partial charge in [-0.15, -0.1) is 0 Å². The molecule has 0 N–H and O–H groups in total. The normalized spacial score (nSPS) is 14.7. The van der Waals surface area contributed by atoms with E-state index in [1.807, 2.05) is 0 Å². The molecule has 0 atom stereocenters. The molecule has 1 aliphatic rings. The Labute approximate surface area is 151 Å². The van der Waals surface area contributed by atoms with Crippen LogP contribution in [-0.4, -0.2) is 55.6 Å². The zero-order valence-corrected chi connectivity index (χ0v) is 15.0. The maximum absolute atomic E-state index is 12.8. The van der Waals surface area contributed by atoms with Crippen LogP contribution >= 0.6 is 0 Å². The van der Waals surface area contributed by atoms with Crippen LogP contribution in [0, 0.1) is 16.0 Å². The number of hydrogen-bond acceptors (Lipinski definition) is 7. The van der Waals surface area contributed by atoms with Crippen LogP contribution < -0.4 is 9.47 Å². The number of carbonyl (C=O) groups is 2. The van der Waals surface area contributed by atoms with Gasteiger partial charge in [-0.2, -0.15) is 0 Å². The molecule has 1 aromatic rings. The highest BCUT2D eigenvalue weighted by Gasteiger charge is 2.32. The molecule has 1 fully saturated rings. The van der Waals surface area contributed by atoms with Gasteiger partial charge in [0.25, 0.3) is 11.6 Å². The van der Waals surface area contributed by atoms with Gasteiger partial charge >= 0.3 is 5.97 Å². The Morgan fingerprint density at radius 3 is 2.27 bits per heavy atom. The Balaban J connectivity index is 2.22. The Hall–Kier alpha value is -2.84. The predicted octanol–water partition coefficient (Wildman–Crippen LogP) is 2.03. The van der Waals surface area contributed by atoms with E-state index in [4.69, 9.17) is 14.2 Å². The molecule has 1 heterocycles. The van der Waals surface area contributed by atoms with E-state index in [0.29, 0.717) is 32.5 Å². The standard InChI is InChI=1S/C17H22N2O7/c1-4-26-17(21)11-5-7-18(8-6-11)16(20)12-9-14(24-2)15(25-3)10-13(12)19(22)23/h9-11H,4-8H2,1-3H3. The molecule has 0 unspecified atom stereocenters. The van der Waals surface area contributed by atoms with Crippen LogP contribution in [0.15, 0.2) is 12.1 Å². The molecule has 26 heavy (non-hydrogen) atoms. The van der Waals surface area contributed by atoms with Gasteiger partial charge in [0.1, 0.15) is 5.56 Å². The van der Waals surface area contributed by atoms with Crippen molar-refractivity contribution < 1.29 is 28.7 Å². The van der Waals surface area contributed by atoms with E-state index in [2.05, 4.69) is 0 Å². The number of piperidine rings is 1. The maximum Gasteiger partial charge on any atom is 0.309 e. The largest absolute Gasteiger partial charge is 0.493 e. The average Bonchev–Trinajstić information content (AvgIpc) is 2.66. The molecule has 1 aromatic carbocycles. The fourth-order valence-corrected chi connectivity index (χ4v) is 2.94. The summed E-state index contributed by atoms with van der Waals surface area (Å²) >= 11 is 0. The minimum Gasteiger partial charge on any atom is -0.493 e. The number of benzene rings is 1. The lowest BCUT2D eigenvalue weighted by molar-refractivity contribution is -0.385. The Morgan fingerprint density at radius 1 is 1.19 bits per heavy atom. The fraction of sp³-hybridized carbons (Fsp3) is 0.529. The number of nitro groups is 1. The first-order valence-electron chi connectivity index (χ1n) is 8.29. The third kappa shape index (κ3) is 4.04. The van der Waals surface area contributed by atoms with E-state index < -0.39 is 10.8 Å². The van der Waals surface area contributed by atoms with Crippen molar-refractivity contribution in [2.45, 2.75) is 19.8 Å². The first-order valence-corrected chi connectivity index (χ1v) is 8.29. The summed E-state index contributed by atoms with van der Waals surface area (Å²) in [7, 11) is 2.76. The number of esters is 1. The molecular weight excluding hydrogens is 344 g/mol. The van der Waals surface area contributed by atoms with Crippen LogP contribution in [0.2, 0.25) is 0 Å².